The number of benzene rings is 1. The third kappa shape index (κ3) is 4.89. The minimum absolute atomic E-state index is 0.136. The molecular weight excluding hydrogens is 330 g/mol. The molecule has 0 aromatic heterocycles. The van der Waals surface area contributed by atoms with E-state index in [0.717, 1.165) is 35.2 Å². The monoisotopic (exact) mass is 355 g/mol. The molecule has 0 amide bonds. The van der Waals surface area contributed by atoms with Gasteiger partial charge in [-0.15, -0.1) is 0 Å². The maximum absolute atomic E-state index is 6.23. The molecule has 0 radical (unpaired) electrons. The molecule has 3 nitrogen and oxygen atoms in total. The fraction of sp³-hybridized carbons (Fsp3) is 0.647. The van der Waals surface area contributed by atoms with Gasteiger partial charge in [-0.05, 0) is 79.6 Å². The minimum atomic E-state index is 0.136. The van der Waals surface area contributed by atoms with E-state index in [1.165, 1.54) is 24.8 Å². The number of hydrogen-bond donors (Lipinski definition) is 1. The number of halogens is 1. The zero-order chi connectivity index (χ0) is 15.2. The van der Waals surface area contributed by atoms with Crippen molar-refractivity contribution >= 4 is 15.9 Å². The van der Waals surface area contributed by atoms with Crippen molar-refractivity contribution < 1.29 is 9.47 Å². The number of nitrogens with two attached hydrogens (primary N) is 1. The van der Waals surface area contributed by atoms with Crippen molar-refractivity contribution in [3.8, 4) is 11.5 Å². The lowest BCUT2D eigenvalue weighted by Gasteiger charge is -2.25. The fourth-order valence-electron chi connectivity index (χ4n) is 2.84. The second kappa shape index (κ2) is 8.04. The smallest absolute Gasteiger partial charge is 0.175 e. The highest BCUT2D eigenvalue weighted by molar-refractivity contribution is 9.10. The molecule has 0 saturated heterocycles. The average Bonchev–Trinajstić information content (AvgIpc) is 2.43. The van der Waals surface area contributed by atoms with Crippen molar-refractivity contribution in [3.05, 3.63) is 22.2 Å². The minimum Gasteiger partial charge on any atom is -0.490 e. The van der Waals surface area contributed by atoms with Crippen LogP contribution < -0.4 is 15.2 Å². The Bertz CT molecular complexity index is 456. The Morgan fingerprint density at radius 3 is 2.62 bits per heavy atom. The number of ether oxygens (including phenoxy) is 2. The van der Waals surface area contributed by atoms with E-state index in [9.17, 15) is 0 Å². The molecule has 1 fully saturated rings. The van der Waals surface area contributed by atoms with Crippen molar-refractivity contribution in [3.63, 3.8) is 0 Å². The molecule has 1 aliphatic rings. The van der Waals surface area contributed by atoms with Crippen molar-refractivity contribution in [2.45, 2.75) is 64.5 Å². The summed E-state index contributed by atoms with van der Waals surface area (Å²) in [7, 11) is 0. The van der Waals surface area contributed by atoms with E-state index < -0.39 is 0 Å². The van der Waals surface area contributed by atoms with Gasteiger partial charge in [0, 0.05) is 6.04 Å². The lowest BCUT2D eigenvalue weighted by molar-refractivity contribution is 0.146. The summed E-state index contributed by atoms with van der Waals surface area (Å²) in [6.07, 6.45) is 7.27. The zero-order valence-electron chi connectivity index (χ0n) is 13.0. The molecule has 21 heavy (non-hydrogen) atoms. The lowest BCUT2D eigenvalue weighted by atomic mass is 9.98. The summed E-state index contributed by atoms with van der Waals surface area (Å²) < 4.78 is 13.0. The Hall–Kier alpha value is -0.740. The van der Waals surface area contributed by atoms with Crippen LogP contribution in [0.25, 0.3) is 0 Å². The largest absolute Gasteiger partial charge is 0.490 e. The van der Waals surface area contributed by atoms with Crippen LogP contribution in [0.1, 0.15) is 51.5 Å². The number of rotatable bonds is 6. The summed E-state index contributed by atoms with van der Waals surface area (Å²) in [5.41, 5.74) is 7.08. The van der Waals surface area contributed by atoms with Gasteiger partial charge in [0.05, 0.1) is 17.2 Å². The third-order valence-corrected chi connectivity index (χ3v) is 4.35. The van der Waals surface area contributed by atoms with Gasteiger partial charge in [0.25, 0.3) is 0 Å². The van der Waals surface area contributed by atoms with Gasteiger partial charge in [-0.25, -0.2) is 0 Å². The van der Waals surface area contributed by atoms with Gasteiger partial charge in [0.1, 0.15) is 0 Å². The van der Waals surface area contributed by atoms with E-state index in [4.69, 9.17) is 15.2 Å². The van der Waals surface area contributed by atoms with Gasteiger partial charge < -0.3 is 15.2 Å². The molecule has 1 saturated carbocycles. The standard InChI is InChI=1S/C17H26BrNO2/c1-3-20-16-11-13(9-12(2)19)10-15(18)17(16)21-14-7-5-4-6-8-14/h10-12,14H,3-9,19H2,1-2H3. The van der Waals surface area contributed by atoms with E-state index in [0.29, 0.717) is 12.7 Å². The molecule has 2 N–H and O–H groups in total. The van der Waals surface area contributed by atoms with E-state index in [2.05, 4.69) is 28.1 Å². The highest BCUT2D eigenvalue weighted by Gasteiger charge is 2.20. The molecule has 1 aromatic rings. The molecule has 2 rings (SSSR count). The van der Waals surface area contributed by atoms with Crippen LogP contribution in [0.2, 0.25) is 0 Å². The molecule has 1 unspecified atom stereocenters. The van der Waals surface area contributed by atoms with E-state index in [1.54, 1.807) is 0 Å². The Labute approximate surface area is 136 Å². The molecule has 118 valence electrons. The van der Waals surface area contributed by atoms with Crippen LogP contribution in [0.4, 0.5) is 0 Å². The summed E-state index contributed by atoms with van der Waals surface area (Å²) in [4.78, 5) is 0. The third-order valence-electron chi connectivity index (χ3n) is 3.76. The van der Waals surface area contributed by atoms with Crippen LogP contribution in [0.3, 0.4) is 0 Å². The maximum Gasteiger partial charge on any atom is 0.175 e. The summed E-state index contributed by atoms with van der Waals surface area (Å²) in [5.74, 6) is 1.67. The molecule has 4 heteroatoms. The van der Waals surface area contributed by atoms with Crippen LogP contribution in [-0.4, -0.2) is 18.8 Å². The van der Waals surface area contributed by atoms with Gasteiger partial charge in [0.2, 0.25) is 0 Å². The first-order chi connectivity index (χ1) is 10.1. The highest BCUT2D eigenvalue weighted by Crippen LogP contribution is 2.39. The van der Waals surface area contributed by atoms with Gasteiger partial charge >= 0.3 is 0 Å². The van der Waals surface area contributed by atoms with Crippen LogP contribution in [0.15, 0.2) is 16.6 Å². The van der Waals surface area contributed by atoms with Crippen LogP contribution in [0, 0.1) is 0 Å². The number of hydrogen-bond acceptors (Lipinski definition) is 3. The normalized spacial score (nSPS) is 17.5. The van der Waals surface area contributed by atoms with Crippen LogP contribution in [-0.2, 0) is 6.42 Å². The highest BCUT2D eigenvalue weighted by atomic mass is 79.9. The Morgan fingerprint density at radius 2 is 2.00 bits per heavy atom. The average molecular weight is 356 g/mol. The van der Waals surface area contributed by atoms with Gasteiger partial charge in [0.15, 0.2) is 11.5 Å². The molecule has 0 spiro atoms. The molecule has 1 aliphatic carbocycles. The van der Waals surface area contributed by atoms with Gasteiger partial charge in [-0.1, -0.05) is 6.42 Å². The van der Waals surface area contributed by atoms with Crippen molar-refractivity contribution in [2.24, 2.45) is 5.73 Å². The quantitative estimate of drug-likeness (QED) is 0.819. The molecular formula is C17H26BrNO2. The predicted octanol–water partition coefficient (Wildman–Crippen LogP) is 4.45. The topological polar surface area (TPSA) is 44.5 Å². The Kier molecular flexibility index (Phi) is 6.37. The Balaban J connectivity index is 2.20. The summed E-state index contributed by atoms with van der Waals surface area (Å²) >= 11 is 3.64. The first kappa shape index (κ1) is 16.6. The van der Waals surface area contributed by atoms with Crippen molar-refractivity contribution in [1.29, 1.82) is 0 Å². The van der Waals surface area contributed by atoms with E-state index in [1.807, 2.05) is 13.8 Å². The van der Waals surface area contributed by atoms with Gasteiger partial charge in [-0.3, -0.25) is 0 Å². The molecule has 0 bridgehead atoms. The summed E-state index contributed by atoms with van der Waals surface area (Å²) in [6, 6.07) is 4.30. The molecule has 0 heterocycles. The summed E-state index contributed by atoms with van der Waals surface area (Å²) in [6.45, 7) is 4.65. The van der Waals surface area contributed by atoms with Crippen LogP contribution >= 0.6 is 15.9 Å². The maximum atomic E-state index is 6.23. The fourth-order valence-corrected chi connectivity index (χ4v) is 3.42. The Morgan fingerprint density at radius 1 is 1.29 bits per heavy atom. The van der Waals surface area contributed by atoms with E-state index in [-0.39, 0.29) is 6.04 Å². The SMILES string of the molecule is CCOc1cc(CC(C)N)cc(Br)c1OC1CCCCC1. The van der Waals surface area contributed by atoms with Crippen molar-refractivity contribution in [2.75, 3.05) is 6.61 Å². The first-order valence-corrected chi connectivity index (χ1v) is 8.77. The van der Waals surface area contributed by atoms with Crippen molar-refractivity contribution in [1.82, 2.24) is 0 Å². The molecule has 1 atom stereocenters. The predicted molar refractivity (Wildman–Crippen MR) is 90.2 cm³/mol. The lowest BCUT2D eigenvalue weighted by Crippen LogP contribution is -2.21. The summed E-state index contributed by atoms with van der Waals surface area (Å²) in [5, 5.41) is 0. The van der Waals surface area contributed by atoms with E-state index >= 15 is 0 Å². The second-order valence-electron chi connectivity index (χ2n) is 5.90. The van der Waals surface area contributed by atoms with Crippen LogP contribution in [0.5, 0.6) is 11.5 Å². The second-order valence-corrected chi connectivity index (χ2v) is 6.75. The molecule has 0 aliphatic heterocycles. The molecule has 1 aromatic carbocycles. The first-order valence-electron chi connectivity index (χ1n) is 7.97. The van der Waals surface area contributed by atoms with Gasteiger partial charge in [-0.2, -0.15) is 0 Å². The zero-order valence-corrected chi connectivity index (χ0v) is 14.6.